The third kappa shape index (κ3) is 8.20. The normalized spacial score (nSPS) is 11.1. The van der Waals surface area contributed by atoms with Crippen LogP contribution >= 0.6 is 0 Å². The van der Waals surface area contributed by atoms with E-state index in [0.29, 0.717) is 0 Å². The van der Waals surface area contributed by atoms with Crippen molar-refractivity contribution in [3.63, 3.8) is 0 Å². The van der Waals surface area contributed by atoms with Gasteiger partial charge < -0.3 is 4.90 Å². The predicted molar refractivity (Wildman–Crippen MR) is 127 cm³/mol. The molecule has 0 aliphatic heterocycles. The topological polar surface area (TPSA) is 20.3 Å². The van der Waals surface area contributed by atoms with Gasteiger partial charge in [-0.3, -0.25) is 4.79 Å². The van der Waals surface area contributed by atoms with Gasteiger partial charge in [0.15, 0.2) is 0 Å². The molecule has 0 spiro atoms. The van der Waals surface area contributed by atoms with Crippen LogP contribution < -0.4 is 0 Å². The fourth-order valence-corrected chi connectivity index (χ4v) is 4.04. The Bertz CT molecular complexity index is 703. The number of hydrogen-bond acceptors (Lipinski definition) is 1. The molecule has 0 aliphatic carbocycles. The van der Waals surface area contributed by atoms with Gasteiger partial charge in [0.05, 0.1) is 0 Å². The van der Waals surface area contributed by atoms with E-state index in [1.54, 1.807) is 0 Å². The zero-order valence-corrected chi connectivity index (χ0v) is 18.8. The summed E-state index contributed by atoms with van der Waals surface area (Å²) in [4.78, 5) is 15.4. The van der Waals surface area contributed by atoms with Crippen LogP contribution in [-0.2, 0) is 0 Å². The van der Waals surface area contributed by atoms with Crippen molar-refractivity contribution in [2.75, 3.05) is 13.1 Å². The van der Waals surface area contributed by atoms with E-state index in [1.165, 1.54) is 57.8 Å². The largest absolute Gasteiger partial charge is 0.339 e. The molecule has 2 aromatic rings. The van der Waals surface area contributed by atoms with Gasteiger partial charge in [-0.25, -0.2) is 0 Å². The fourth-order valence-electron chi connectivity index (χ4n) is 4.04. The number of carbonyl (C=O) groups is 1. The first kappa shape index (κ1) is 23.4. The molecule has 0 unspecified atom stereocenters. The van der Waals surface area contributed by atoms with Crippen LogP contribution in [0.15, 0.2) is 42.5 Å². The molecule has 0 N–H and O–H groups in total. The van der Waals surface area contributed by atoms with Crippen LogP contribution in [0.3, 0.4) is 0 Å². The highest BCUT2D eigenvalue weighted by atomic mass is 16.2. The maximum Gasteiger partial charge on any atom is 0.254 e. The molecule has 0 fully saturated rings. The van der Waals surface area contributed by atoms with E-state index in [1.807, 2.05) is 24.3 Å². The summed E-state index contributed by atoms with van der Waals surface area (Å²) in [7, 11) is 0. The Labute approximate surface area is 178 Å². The van der Waals surface area contributed by atoms with Gasteiger partial charge in [0.2, 0.25) is 0 Å². The molecule has 160 valence electrons. The molecule has 0 heterocycles. The van der Waals surface area contributed by atoms with Crippen molar-refractivity contribution in [3.8, 4) is 0 Å². The minimum atomic E-state index is 0.200. The van der Waals surface area contributed by atoms with Crippen LogP contribution in [0.5, 0.6) is 0 Å². The van der Waals surface area contributed by atoms with Gasteiger partial charge in [0.25, 0.3) is 5.91 Å². The highest BCUT2D eigenvalue weighted by molar-refractivity contribution is 6.07. The summed E-state index contributed by atoms with van der Waals surface area (Å²) in [5.41, 5.74) is 0.853. The maximum atomic E-state index is 13.3. The summed E-state index contributed by atoms with van der Waals surface area (Å²) in [6.07, 6.45) is 15.5. The van der Waals surface area contributed by atoms with Crippen molar-refractivity contribution in [2.45, 2.75) is 90.9 Å². The van der Waals surface area contributed by atoms with E-state index in [9.17, 15) is 4.79 Å². The molecule has 29 heavy (non-hydrogen) atoms. The molecule has 2 heteroatoms. The Balaban J connectivity index is 1.80. The van der Waals surface area contributed by atoms with Gasteiger partial charge >= 0.3 is 0 Å². The number of carbonyl (C=O) groups excluding carboxylic acids is 1. The number of unbranched alkanes of at least 4 members (excludes halogenated alkanes) is 10. The number of amides is 1. The highest BCUT2D eigenvalue weighted by Crippen LogP contribution is 2.21. The first-order valence-electron chi connectivity index (χ1n) is 12.0. The zero-order chi connectivity index (χ0) is 20.7. The lowest BCUT2D eigenvalue weighted by molar-refractivity contribution is 0.0752. The minimum absolute atomic E-state index is 0.200. The summed E-state index contributed by atoms with van der Waals surface area (Å²) in [6.45, 7) is 6.23. The highest BCUT2D eigenvalue weighted by Gasteiger charge is 2.17. The van der Waals surface area contributed by atoms with Crippen LogP contribution in [0.25, 0.3) is 10.8 Å². The van der Waals surface area contributed by atoms with Crippen molar-refractivity contribution in [3.05, 3.63) is 48.0 Å². The third-order valence-electron chi connectivity index (χ3n) is 5.87. The van der Waals surface area contributed by atoms with Crippen molar-refractivity contribution < 1.29 is 4.79 Å². The van der Waals surface area contributed by atoms with E-state index in [-0.39, 0.29) is 5.91 Å². The fraction of sp³-hybridized carbons (Fsp3) is 0.593. The molecular formula is C27H41NO. The van der Waals surface area contributed by atoms with Gasteiger partial charge in [-0.05, 0) is 29.7 Å². The summed E-state index contributed by atoms with van der Waals surface area (Å²) < 4.78 is 0. The monoisotopic (exact) mass is 395 g/mol. The summed E-state index contributed by atoms with van der Waals surface area (Å²) in [5, 5.41) is 2.22. The van der Waals surface area contributed by atoms with Gasteiger partial charge in [0.1, 0.15) is 0 Å². The molecule has 0 saturated heterocycles. The Kier molecular flexibility index (Phi) is 11.5. The zero-order valence-electron chi connectivity index (χ0n) is 18.8. The van der Waals surface area contributed by atoms with Crippen molar-refractivity contribution in [1.82, 2.24) is 4.90 Å². The van der Waals surface area contributed by atoms with Crippen LogP contribution in [-0.4, -0.2) is 23.9 Å². The second kappa shape index (κ2) is 14.2. The number of hydrogen-bond donors (Lipinski definition) is 0. The summed E-state index contributed by atoms with van der Waals surface area (Å²) >= 11 is 0. The van der Waals surface area contributed by atoms with Gasteiger partial charge in [-0.1, -0.05) is 114 Å². The molecule has 0 aromatic heterocycles. The first-order chi connectivity index (χ1) is 14.3. The van der Waals surface area contributed by atoms with E-state index in [0.717, 1.165) is 48.7 Å². The number of rotatable bonds is 15. The number of fused-ring (bicyclic) bond motifs is 1. The Hall–Kier alpha value is -1.83. The quantitative estimate of drug-likeness (QED) is 0.280. The average Bonchev–Trinajstić information content (AvgIpc) is 2.76. The molecule has 2 nitrogen and oxygen atoms in total. The van der Waals surface area contributed by atoms with Crippen LogP contribution in [0, 0.1) is 0 Å². The van der Waals surface area contributed by atoms with Crippen molar-refractivity contribution in [1.29, 1.82) is 0 Å². The Morgan fingerprint density at radius 2 is 1.21 bits per heavy atom. The van der Waals surface area contributed by atoms with E-state index in [4.69, 9.17) is 0 Å². The second-order valence-corrected chi connectivity index (χ2v) is 8.35. The minimum Gasteiger partial charge on any atom is -0.339 e. The lowest BCUT2D eigenvalue weighted by atomic mass is 10.0. The summed E-state index contributed by atoms with van der Waals surface area (Å²) in [6, 6.07) is 14.3. The third-order valence-corrected chi connectivity index (χ3v) is 5.87. The molecule has 0 bridgehead atoms. The van der Waals surface area contributed by atoms with E-state index < -0.39 is 0 Å². The van der Waals surface area contributed by atoms with Crippen molar-refractivity contribution >= 4 is 16.7 Å². The SMILES string of the molecule is CCCCCCCCCCCCN(CCCC)C(=O)c1cccc2ccccc12. The second-order valence-electron chi connectivity index (χ2n) is 8.35. The molecule has 0 aliphatic rings. The smallest absolute Gasteiger partial charge is 0.254 e. The van der Waals surface area contributed by atoms with Crippen LogP contribution in [0.1, 0.15) is 101 Å². The van der Waals surface area contributed by atoms with Crippen LogP contribution in [0.4, 0.5) is 0 Å². The molecule has 2 aromatic carbocycles. The predicted octanol–water partition coefficient (Wildman–Crippen LogP) is 8.00. The molecule has 0 atom stereocenters. The van der Waals surface area contributed by atoms with Gasteiger partial charge in [-0.15, -0.1) is 0 Å². The molecule has 1 amide bonds. The molecule has 2 rings (SSSR count). The lowest BCUT2D eigenvalue weighted by Gasteiger charge is -2.23. The average molecular weight is 396 g/mol. The Morgan fingerprint density at radius 3 is 1.90 bits per heavy atom. The number of nitrogens with zero attached hydrogens (tertiary/aromatic N) is 1. The number of benzene rings is 2. The molecule has 0 radical (unpaired) electrons. The Morgan fingerprint density at radius 1 is 0.655 bits per heavy atom. The van der Waals surface area contributed by atoms with Crippen molar-refractivity contribution in [2.24, 2.45) is 0 Å². The summed E-state index contributed by atoms with van der Waals surface area (Å²) in [5.74, 6) is 0.200. The molecular weight excluding hydrogens is 354 g/mol. The van der Waals surface area contributed by atoms with E-state index >= 15 is 0 Å². The lowest BCUT2D eigenvalue weighted by Crippen LogP contribution is -2.33. The molecule has 0 saturated carbocycles. The standard InChI is InChI=1S/C27H41NO/c1-3-5-7-8-9-10-11-12-13-16-23-28(22-6-4-2)27(29)26-21-17-19-24-18-14-15-20-25(24)26/h14-15,17-21H,3-13,16,22-23H2,1-2H3. The van der Waals surface area contributed by atoms with E-state index in [2.05, 4.69) is 36.9 Å². The van der Waals surface area contributed by atoms with Gasteiger partial charge in [-0.2, -0.15) is 0 Å². The maximum absolute atomic E-state index is 13.3. The van der Waals surface area contributed by atoms with Crippen LogP contribution in [0.2, 0.25) is 0 Å². The first-order valence-corrected chi connectivity index (χ1v) is 12.0. The van der Waals surface area contributed by atoms with Gasteiger partial charge in [0, 0.05) is 18.7 Å².